The Morgan fingerprint density at radius 2 is 1.58 bits per heavy atom. The van der Waals surface area contributed by atoms with Crippen LogP contribution in [0.2, 0.25) is 0 Å². The summed E-state index contributed by atoms with van der Waals surface area (Å²) in [6.45, 7) is 4.45. The summed E-state index contributed by atoms with van der Waals surface area (Å²) in [5, 5.41) is 0. The maximum atomic E-state index is 5.53. The van der Waals surface area contributed by atoms with Gasteiger partial charge >= 0.3 is 0 Å². The van der Waals surface area contributed by atoms with Crippen LogP contribution in [-0.4, -0.2) is 44.2 Å². The first-order valence-corrected chi connectivity index (χ1v) is 9.04. The van der Waals surface area contributed by atoms with Crippen molar-refractivity contribution in [3.8, 4) is 5.75 Å². The highest BCUT2D eigenvalue weighted by Gasteiger charge is 2.27. The molecular weight excluding hydrogens is 296 g/mol. The van der Waals surface area contributed by atoms with Crippen molar-refractivity contribution in [2.75, 3.05) is 38.2 Å². The lowest BCUT2D eigenvalue weighted by Crippen LogP contribution is -2.51. The quantitative estimate of drug-likeness (QED) is 0.862. The molecule has 4 rings (SSSR count). The molecule has 2 aromatic carbocycles. The minimum atomic E-state index is 0.708. The zero-order valence-corrected chi connectivity index (χ0v) is 14.4. The van der Waals surface area contributed by atoms with Crippen LogP contribution < -0.4 is 9.64 Å². The van der Waals surface area contributed by atoms with Crippen LogP contribution in [0, 0.1) is 0 Å². The first kappa shape index (κ1) is 15.5. The third-order valence-corrected chi connectivity index (χ3v) is 5.58. The molecule has 0 radical (unpaired) electrons. The first-order chi connectivity index (χ1) is 11.8. The van der Waals surface area contributed by atoms with E-state index in [2.05, 4.69) is 52.3 Å². The minimum Gasteiger partial charge on any atom is -0.495 e. The van der Waals surface area contributed by atoms with Crippen LogP contribution in [0.3, 0.4) is 0 Å². The van der Waals surface area contributed by atoms with Crippen molar-refractivity contribution in [1.82, 2.24) is 4.90 Å². The highest BCUT2D eigenvalue weighted by Crippen LogP contribution is 2.30. The Morgan fingerprint density at radius 1 is 0.875 bits per heavy atom. The predicted molar refractivity (Wildman–Crippen MR) is 99.0 cm³/mol. The monoisotopic (exact) mass is 322 g/mol. The molecule has 0 saturated carbocycles. The second-order valence-electron chi connectivity index (χ2n) is 6.86. The second-order valence-corrected chi connectivity index (χ2v) is 6.86. The number of benzene rings is 2. The number of piperazine rings is 1. The summed E-state index contributed by atoms with van der Waals surface area (Å²) in [5.74, 6) is 0.984. The zero-order chi connectivity index (χ0) is 16.4. The number of hydrogen-bond donors (Lipinski definition) is 0. The lowest BCUT2D eigenvalue weighted by Gasteiger charge is -2.42. The van der Waals surface area contributed by atoms with Crippen LogP contribution in [0.1, 0.15) is 17.5 Å². The van der Waals surface area contributed by atoms with Gasteiger partial charge in [-0.2, -0.15) is 0 Å². The molecule has 0 unspecified atom stereocenters. The van der Waals surface area contributed by atoms with Crippen LogP contribution in [0.4, 0.5) is 5.69 Å². The van der Waals surface area contributed by atoms with Gasteiger partial charge in [-0.1, -0.05) is 36.4 Å². The number of rotatable bonds is 3. The van der Waals surface area contributed by atoms with Crippen LogP contribution in [0.25, 0.3) is 0 Å². The molecular formula is C21H26N2O. The van der Waals surface area contributed by atoms with Gasteiger partial charge in [0, 0.05) is 32.2 Å². The lowest BCUT2D eigenvalue weighted by molar-refractivity contribution is 0.169. The van der Waals surface area contributed by atoms with Crippen LogP contribution in [0.15, 0.2) is 48.5 Å². The molecule has 1 aliphatic heterocycles. The van der Waals surface area contributed by atoms with Crippen LogP contribution in [0.5, 0.6) is 5.75 Å². The van der Waals surface area contributed by atoms with Crippen LogP contribution >= 0.6 is 0 Å². The summed E-state index contributed by atoms with van der Waals surface area (Å²) in [6, 6.07) is 18.0. The van der Waals surface area contributed by atoms with Gasteiger partial charge in [-0.05, 0) is 42.5 Å². The summed E-state index contributed by atoms with van der Waals surface area (Å²) in [7, 11) is 1.76. The number of ether oxygens (including phenoxy) is 1. The molecule has 0 spiro atoms. The van der Waals surface area contributed by atoms with Crippen molar-refractivity contribution in [2.24, 2.45) is 0 Å². The van der Waals surface area contributed by atoms with E-state index in [0.717, 1.165) is 31.9 Å². The first-order valence-electron chi connectivity index (χ1n) is 9.04. The smallest absolute Gasteiger partial charge is 0.142 e. The van der Waals surface area contributed by atoms with E-state index >= 15 is 0 Å². The Labute approximate surface area is 144 Å². The van der Waals surface area contributed by atoms with Crippen molar-refractivity contribution < 1.29 is 4.74 Å². The normalized spacial score (nSPS) is 21.4. The van der Waals surface area contributed by atoms with E-state index in [1.807, 2.05) is 6.07 Å². The fourth-order valence-electron chi connectivity index (χ4n) is 4.21. The van der Waals surface area contributed by atoms with Gasteiger partial charge in [0.2, 0.25) is 0 Å². The van der Waals surface area contributed by atoms with E-state index < -0.39 is 0 Å². The van der Waals surface area contributed by atoms with Gasteiger partial charge in [-0.3, -0.25) is 4.90 Å². The molecule has 1 atom stereocenters. The lowest BCUT2D eigenvalue weighted by atomic mass is 9.87. The van der Waals surface area contributed by atoms with E-state index in [1.165, 1.54) is 24.9 Å². The summed E-state index contributed by atoms with van der Waals surface area (Å²) in [5.41, 5.74) is 4.34. The third-order valence-electron chi connectivity index (χ3n) is 5.58. The van der Waals surface area contributed by atoms with Crippen molar-refractivity contribution in [1.29, 1.82) is 0 Å². The Hall–Kier alpha value is -2.00. The zero-order valence-electron chi connectivity index (χ0n) is 14.4. The molecule has 2 aromatic rings. The Bertz CT molecular complexity index is 692. The molecule has 1 saturated heterocycles. The Balaban J connectivity index is 1.40. The molecule has 24 heavy (non-hydrogen) atoms. The maximum absolute atomic E-state index is 5.53. The number of hydrogen-bond acceptors (Lipinski definition) is 3. The molecule has 0 bridgehead atoms. The Morgan fingerprint density at radius 3 is 2.38 bits per heavy atom. The number of aryl methyl sites for hydroxylation is 1. The highest BCUT2D eigenvalue weighted by atomic mass is 16.5. The van der Waals surface area contributed by atoms with Crippen molar-refractivity contribution in [3.63, 3.8) is 0 Å². The molecule has 3 heteroatoms. The van der Waals surface area contributed by atoms with Crippen LogP contribution in [-0.2, 0) is 12.8 Å². The SMILES string of the molecule is COc1ccccc1N1CCN([C@H]2CCc3ccccc3C2)CC1. The van der Waals surface area contributed by atoms with Crippen molar-refractivity contribution in [2.45, 2.75) is 25.3 Å². The van der Waals surface area contributed by atoms with Gasteiger partial charge in [0.1, 0.15) is 5.75 Å². The number of nitrogens with zero attached hydrogens (tertiary/aromatic N) is 2. The van der Waals surface area contributed by atoms with E-state index in [4.69, 9.17) is 4.74 Å². The highest BCUT2D eigenvalue weighted by molar-refractivity contribution is 5.58. The molecule has 0 N–H and O–H groups in total. The summed E-state index contributed by atoms with van der Waals surface area (Å²) < 4.78 is 5.53. The van der Waals surface area contributed by atoms with E-state index in [0.29, 0.717) is 6.04 Å². The maximum Gasteiger partial charge on any atom is 0.142 e. The van der Waals surface area contributed by atoms with Gasteiger partial charge in [0.05, 0.1) is 12.8 Å². The van der Waals surface area contributed by atoms with Gasteiger partial charge in [0.25, 0.3) is 0 Å². The number of anilines is 1. The van der Waals surface area contributed by atoms with Gasteiger partial charge in [0.15, 0.2) is 0 Å². The van der Waals surface area contributed by atoms with Crippen molar-refractivity contribution in [3.05, 3.63) is 59.7 Å². The molecule has 0 aromatic heterocycles. The van der Waals surface area contributed by atoms with E-state index in [1.54, 1.807) is 18.2 Å². The Kier molecular flexibility index (Phi) is 4.44. The number of para-hydroxylation sites is 2. The number of fused-ring (bicyclic) bond motifs is 1. The molecule has 1 heterocycles. The molecule has 3 nitrogen and oxygen atoms in total. The van der Waals surface area contributed by atoms with E-state index in [9.17, 15) is 0 Å². The van der Waals surface area contributed by atoms with Gasteiger partial charge in [-0.15, -0.1) is 0 Å². The van der Waals surface area contributed by atoms with Gasteiger partial charge < -0.3 is 9.64 Å². The summed E-state index contributed by atoms with van der Waals surface area (Å²) in [6.07, 6.45) is 3.74. The predicted octanol–water partition coefficient (Wildman–Crippen LogP) is 3.37. The second kappa shape index (κ2) is 6.86. The number of methoxy groups -OCH3 is 1. The summed E-state index contributed by atoms with van der Waals surface area (Å²) >= 11 is 0. The van der Waals surface area contributed by atoms with Crippen molar-refractivity contribution >= 4 is 5.69 Å². The standard InChI is InChI=1S/C21H26N2O/c1-24-21-9-5-4-8-20(21)23-14-12-22(13-15-23)19-11-10-17-6-2-3-7-18(17)16-19/h2-9,19H,10-16H2,1H3/t19-/m0/s1. The van der Waals surface area contributed by atoms with Gasteiger partial charge in [-0.25, -0.2) is 0 Å². The molecule has 1 fully saturated rings. The molecule has 126 valence electrons. The molecule has 2 aliphatic rings. The molecule has 1 aliphatic carbocycles. The average Bonchev–Trinajstić information content (AvgIpc) is 2.67. The average molecular weight is 322 g/mol. The largest absolute Gasteiger partial charge is 0.495 e. The summed E-state index contributed by atoms with van der Waals surface area (Å²) in [4.78, 5) is 5.16. The fourth-order valence-corrected chi connectivity index (χ4v) is 4.21. The third kappa shape index (κ3) is 3.01. The topological polar surface area (TPSA) is 15.7 Å². The molecule has 0 amide bonds. The fraction of sp³-hybridized carbons (Fsp3) is 0.429. The van der Waals surface area contributed by atoms with E-state index in [-0.39, 0.29) is 0 Å². The minimum absolute atomic E-state index is 0.708.